The van der Waals surface area contributed by atoms with Gasteiger partial charge in [0.25, 0.3) is 0 Å². The highest BCUT2D eigenvalue weighted by Gasteiger charge is 2.37. The number of rotatable bonds is 4. The van der Waals surface area contributed by atoms with Gasteiger partial charge in [0.1, 0.15) is 12.1 Å². The van der Waals surface area contributed by atoms with Gasteiger partial charge in [-0.3, -0.25) is 4.79 Å². The Balaban J connectivity index is 1.73. The third-order valence-corrected chi connectivity index (χ3v) is 3.76. The van der Waals surface area contributed by atoms with Crippen LogP contribution in [0.1, 0.15) is 29.3 Å². The van der Waals surface area contributed by atoms with Crippen molar-refractivity contribution in [1.29, 1.82) is 0 Å². The van der Waals surface area contributed by atoms with Crippen molar-refractivity contribution in [3.8, 4) is 0 Å². The lowest BCUT2D eigenvalue weighted by Gasteiger charge is -2.32. The van der Waals surface area contributed by atoms with E-state index in [1.54, 1.807) is 18.5 Å². The van der Waals surface area contributed by atoms with E-state index in [-0.39, 0.29) is 12.3 Å². The predicted octanol–water partition coefficient (Wildman–Crippen LogP) is 1.21. The molecule has 3 heterocycles. The summed E-state index contributed by atoms with van der Waals surface area (Å²) in [5.41, 5.74) is 1.42. The molecule has 1 aliphatic heterocycles. The second-order valence-electron chi connectivity index (χ2n) is 5.12. The van der Waals surface area contributed by atoms with E-state index >= 15 is 0 Å². The molecule has 1 unspecified atom stereocenters. The lowest BCUT2D eigenvalue weighted by molar-refractivity contribution is -0.151. The van der Waals surface area contributed by atoms with Gasteiger partial charge in [0.2, 0.25) is 5.91 Å². The Bertz CT molecular complexity index is 683. The molecule has 0 radical (unpaired) electrons. The summed E-state index contributed by atoms with van der Waals surface area (Å²) in [6, 6.07) is 0.653. The molecule has 22 heavy (non-hydrogen) atoms. The summed E-state index contributed by atoms with van der Waals surface area (Å²) >= 11 is 0. The molecule has 2 aromatic heterocycles. The van der Waals surface area contributed by atoms with E-state index in [2.05, 4.69) is 9.97 Å². The Kier molecular flexibility index (Phi) is 3.86. The normalized spacial score (nSPS) is 17.1. The van der Waals surface area contributed by atoms with Crippen LogP contribution in [0, 0.1) is 0 Å². The quantitative estimate of drug-likeness (QED) is 0.912. The first-order chi connectivity index (χ1) is 10.7. The van der Waals surface area contributed by atoms with E-state index in [4.69, 9.17) is 4.42 Å². The largest absolute Gasteiger partial charge is 0.479 e. The Morgan fingerprint density at radius 3 is 2.86 bits per heavy atom. The van der Waals surface area contributed by atoms with Crippen molar-refractivity contribution in [1.82, 2.24) is 14.9 Å². The van der Waals surface area contributed by atoms with Gasteiger partial charge in [-0.05, 0) is 18.1 Å². The van der Waals surface area contributed by atoms with Gasteiger partial charge in [-0.1, -0.05) is 0 Å². The zero-order valence-electron chi connectivity index (χ0n) is 11.8. The van der Waals surface area contributed by atoms with E-state index in [0.29, 0.717) is 30.7 Å². The molecular formula is C15H15N3O4. The minimum atomic E-state index is -1.04. The van der Waals surface area contributed by atoms with Gasteiger partial charge in [-0.15, -0.1) is 0 Å². The predicted molar refractivity (Wildman–Crippen MR) is 74.9 cm³/mol. The molecule has 0 aliphatic carbocycles. The molecule has 7 nitrogen and oxygen atoms in total. The van der Waals surface area contributed by atoms with Crippen LogP contribution in [0.4, 0.5) is 0 Å². The van der Waals surface area contributed by atoms with Gasteiger partial charge in [-0.25, -0.2) is 14.8 Å². The number of furan rings is 1. The van der Waals surface area contributed by atoms with Crippen molar-refractivity contribution in [2.75, 3.05) is 6.54 Å². The number of hydrogen-bond donors (Lipinski definition) is 1. The monoisotopic (exact) mass is 301 g/mol. The zero-order valence-corrected chi connectivity index (χ0v) is 11.8. The minimum Gasteiger partial charge on any atom is -0.479 e. The number of aromatic nitrogens is 2. The fourth-order valence-electron chi connectivity index (χ4n) is 2.71. The zero-order chi connectivity index (χ0) is 15.5. The molecule has 1 amide bonds. The maximum atomic E-state index is 12.4. The van der Waals surface area contributed by atoms with E-state index in [1.807, 2.05) is 0 Å². The Morgan fingerprint density at radius 2 is 2.14 bits per heavy atom. The highest BCUT2D eigenvalue weighted by Crippen LogP contribution is 2.31. The van der Waals surface area contributed by atoms with Crippen molar-refractivity contribution in [2.45, 2.75) is 25.3 Å². The third kappa shape index (κ3) is 2.69. The summed E-state index contributed by atoms with van der Waals surface area (Å²) in [5.74, 6) is -0.588. The summed E-state index contributed by atoms with van der Waals surface area (Å²) in [7, 11) is 0. The average molecular weight is 301 g/mol. The SMILES string of the molecule is O=C(O)C1c2ccoc2CCN1C(=O)CCc1cncnc1. The average Bonchev–Trinajstić information content (AvgIpc) is 3.00. The molecule has 114 valence electrons. The number of nitrogens with zero attached hydrogens (tertiary/aromatic N) is 3. The topological polar surface area (TPSA) is 96.5 Å². The number of carboxylic acid groups (broad SMARTS) is 1. The number of aryl methyl sites for hydroxylation is 1. The Hall–Kier alpha value is -2.70. The number of aliphatic carboxylic acids is 1. The van der Waals surface area contributed by atoms with E-state index in [9.17, 15) is 14.7 Å². The van der Waals surface area contributed by atoms with Crippen LogP contribution in [-0.4, -0.2) is 38.4 Å². The fourth-order valence-corrected chi connectivity index (χ4v) is 2.71. The summed E-state index contributed by atoms with van der Waals surface area (Å²) in [6.07, 6.45) is 7.45. The molecule has 0 bridgehead atoms. The van der Waals surface area contributed by atoms with Gasteiger partial charge in [0, 0.05) is 37.3 Å². The fraction of sp³-hybridized carbons (Fsp3) is 0.333. The maximum Gasteiger partial charge on any atom is 0.331 e. The Morgan fingerprint density at radius 1 is 1.36 bits per heavy atom. The van der Waals surface area contributed by atoms with Crippen LogP contribution in [0.3, 0.4) is 0 Å². The highest BCUT2D eigenvalue weighted by molar-refractivity contribution is 5.85. The second kappa shape index (κ2) is 5.97. The second-order valence-corrected chi connectivity index (χ2v) is 5.12. The van der Waals surface area contributed by atoms with Gasteiger partial charge in [0.05, 0.1) is 6.26 Å². The molecule has 1 aliphatic rings. The first-order valence-electron chi connectivity index (χ1n) is 6.99. The van der Waals surface area contributed by atoms with Gasteiger partial charge >= 0.3 is 5.97 Å². The molecule has 0 saturated carbocycles. The van der Waals surface area contributed by atoms with Gasteiger partial charge in [-0.2, -0.15) is 0 Å². The van der Waals surface area contributed by atoms with Crippen molar-refractivity contribution < 1.29 is 19.1 Å². The van der Waals surface area contributed by atoms with Crippen molar-refractivity contribution >= 4 is 11.9 Å². The molecule has 1 N–H and O–H groups in total. The minimum absolute atomic E-state index is 0.192. The molecule has 1 atom stereocenters. The molecule has 0 fully saturated rings. The highest BCUT2D eigenvalue weighted by atomic mass is 16.4. The number of carboxylic acids is 1. The van der Waals surface area contributed by atoms with Crippen LogP contribution in [0.25, 0.3) is 0 Å². The number of hydrogen-bond acceptors (Lipinski definition) is 5. The lowest BCUT2D eigenvalue weighted by Crippen LogP contribution is -2.43. The van der Waals surface area contributed by atoms with Crippen LogP contribution in [0.2, 0.25) is 0 Å². The van der Waals surface area contributed by atoms with E-state index < -0.39 is 12.0 Å². The number of fused-ring (bicyclic) bond motifs is 1. The Labute approximate surface area is 126 Å². The van der Waals surface area contributed by atoms with Crippen molar-refractivity contribution in [3.63, 3.8) is 0 Å². The number of carbonyl (C=O) groups is 2. The molecule has 0 spiro atoms. The van der Waals surface area contributed by atoms with Crippen LogP contribution >= 0.6 is 0 Å². The summed E-state index contributed by atoms with van der Waals surface area (Å²) < 4.78 is 5.28. The molecule has 7 heteroatoms. The molecule has 2 aromatic rings. The summed E-state index contributed by atoms with van der Waals surface area (Å²) in [6.45, 7) is 0.349. The number of amides is 1. The molecular weight excluding hydrogens is 286 g/mol. The standard InChI is InChI=1S/C15H15N3O4/c19-13(2-1-10-7-16-9-17-8-10)18-5-3-12-11(4-6-22-12)14(18)15(20)21/h4,6-9,14H,1-3,5H2,(H,20,21). The van der Waals surface area contributed by atoms with Crippen LogP contribution < -0.4 is 0 Å². The van der Waals surface area contributed by atoms with Gasteiger partial charge in [0.15, 0.2) is 6.04 Å². The lowest BCUT2D eigenvalue weighted by atomic mass is 9.98. The van der Waals surface area contributed by atoms with Crippen LogP contribution in [0.5, 0.6) is 0 Å². The first kappa shape index (κ1) is 14.2. The summed E-state index contributed by atoms with van der Waals surface area (Å²) in [4.78, 5) is 33.2. The molecule has 0 saturated heterocycles. The molecule has 3 rings (SSSR count). The smallest absolute Gasteiger partial charge is 0.331 e. The number of carbonyl (C=O) groups excluding carboxylic acids is 1. The third-order valence-electron chi connectivity index (χ3n) is 3.76. The first-order valence-corrected chi connectivity index (χ1v) is 6.99. The molecule has 0 aromatic carbocycles. The van der Waals surface area contributed by atoms with E-state index in [1.165, 1.54) is 17.5 Å². The van der Waals surface area contributed by atoms with Gasteiger partial charge < -0.3 is 14.4 Å². The maximum absolute atomic E-state index is 12.4. The van der Waals surface area contributed by atoms with Crippen LogP contribution in [0.15, 0.2) is 35.5 Å². The van der Waals surface area contributed by atoms with Crippen LogP contribution in [-0.2, 0) is 22.4 Å². The van der Waals surface area contributed by atoms with Crippen molar-refractivity contribution in [2.24, 2.45) is 0 Å². The van der Waals surface area contributed by atoms with E-state index in [0.717, 1.165) is 5.56 Å². The van der Waals surface area contributed by atoms with Crippen molar-refractivity contribution in [3.05, 3.63) is 47.9 Å². The summed E-state index contributed by atoms with van der Waals surface area (Å²) in [5, 5.41) is 9.45.